The quantitative estimate of drug-likeness (QED) is 0.224. The van der Waals surface area contributed by atoms with Crippen molar-refractivity contribution in [1.29, 1.82) is 0 Å². The zero-order chi connectivity index (χ0) is 29.3. The first-order valence-electron chi connectivity index (χ1n) is 16.8. The average Bonchev–Trinajstić information content (AvgIpc) is 3.46. The Bertz CT molecular complexity index is 980. The number of aliphatic hydroxyl groups excluding tert-OH is 1. The fraction of sp³-hybridized carbons (Fsp3) is 0.882. The molecule has 1 amide bonds. The van der Waals surface area contributed by atoms with Crippen LogP contribution in [0.1, 0.15) is 117 Å². The Morgan fingerprint density at radius 2 is 1.95 bits per heavy atom. The maximum Gasteiger partial charge on any atom is 0.331 e. The van der Waals surface area contributed by atoms with E-state index in [4.69, 9.17) is 9.47 Å². The molecule has 0 spiro atoms. The molecule has 0 aromatic heterocycles. The minimum absolute atomic E-state index is 0.0280. The third kappa shape index (κ3) is 5.89. The number of rotatable bonds is 11. The molecule has 3 N–H and O–H groups in total. The lowest BCUT2D eigenvalue weighted by molar-refractivity contribution is -0.177. The number of hydrogen-bond acceptors (Lipinski definition) is 6. The number of fused-ring (bicyclic) bond motifs is 5. The van der Waals surface area contributed by atoms with Gasteiger partial charge in [0.15, 0.2) is 0 Å². The van der Waals surface area contributed by atoms with Gasteiger partial charge in [-0.2, -0.15) is 0 Å². The fourth-order valence-corrected chi connectivity index (χ4v) is 10.5. The Morgan fingerprint density at radius 3 is 2.68 bits per heavy atom. The molecule has 5 rings (SSSR count). The number of carbonyl (C=O) groups is 2. The molecule has 41 heavy (non-hydrogen) atoms. The molecule has 4 aliphatic carbocycles. The predicted molar refractivity (Wildman–Crippen MR) is 158 cm³/mol. The van der Waals surface area contributed by atoms with E-state index in [1.807, 2.05) is 6.92 Å². The highest BCUT2D eigenvalue weighted by Crippen LogP contribution is 2.69. The second kappa shape index (κ2) is 12.7. The van der Waals surface area contributed by atoms with Gasteiger partial charge >= 0.3 is 5.97 Å². The molecular formula is C34H55NO6. The average molecular weight is 574 g/mol. The van der Waals surface area contributed by atoms with Crippen molar-refractivity contribution >= 4 is 11.9 Å². The van der Waals surface area contributed by atoms with Crippen molar-refractivity contribution in [2.45, 2.75) is 135 Å². The lowest BCUT2D eigenvalue weighted by Crippen LogP contribution is -2.58. The third-order valence-electron chi connectivity index (χ3n) is 12.6. The highest BCUT2D eigenvalue weighted by molar-refractivity contribution is 5.85. The first kappa shape index (κ1) is 31.0. The van der Waals surface area contributed by atoms with Crippen LogP contribution in [0.3, 0.4) is 0 Å². The number of hydrogen-bond donors (Lipinski definition) is 3. The molecule has 4 fully saturated rings. The van der Waals surface area contributed by atoms with Crippen LogP contribution < -0.4 is 5.32 Å². The van der Waals surface area contributed by atoms with Crippen LogP contribution >= 0.6 is 0 Å². The molecule has 1 heterocycles. The summed E-state index contributed by atoms with van der Waals surface area (Å²) in [6.45, 7) is 7.77. The van der Waals surface area contributed by atoms with Crippen LogP contribution in [0.5, 0.6) is 0 Å². The molecule has 9 atom stereocenters. The van der Waals surface area contributed by atoms with Crippen molar-refractivity contribution in [3.05, 3.63) is 11.6 Å². The summed E-state index contributed by atoms with van der Waals surface area (Å²) < 4.78 is 11.5. The Morgan fingerprint density at radius 1 is 1.12 bits per heavy atom. The summed E-state index contributed by atoms with van der Waals surface area (Å²) in [5, 5.41) is 25.1. The molecular weight excluding hydrogens is 518 g/mol. The van der Waals surface area contributed by atoms with E-state index in [2.05, 4.69) is 19.2 Å². The molecule has 7 nitrogen and oxygen atoms in total. The first-order chi connectivity index (χ1) is 19.6. The van der Waals surface area contributed by atoms with Gasteiger partial charge in [0.05, 0.1) is 17.8 Å². The highest BCUT2D eigenvalue weighted by atomic mass is 16.5. The fourth-order valence-electron chi connectivity index (χ4n) is 10.5. The lowest BCUT2D eigenvalue weighted by atomic mass is 9.47. The standard InChI is InChI=1S/C34H55NO6/c1-4-33-15-8-10-28-29(34(33,39)17-14-27(33)24-19-31(38)41-21-24)12-11-25-20-26(13-16-32(25,28)3)40-22-30(37)35-18-7-5-6-9-23(2)36/h19,23,25-29,36,39H,4-18,20-22H2,1-3H3,(H,35,37)/t23?,25-,26+,27-,28?,29?,32+,33-,34+/m1/s1. The van der Waals surface area contributed by atoms with Gasteiger partial charge in [-0.25, -0.2) is 4.79 Å². The number of amides is 1. The van der Waals surface area contributed by atoms with E-state index in [-0.39, 0.29) is 47.4 Å². The Balaban J connectivity index is 1.18. The van der Waals surface area contributed by atoms with Crippen LogP contribution in [0.15, 0.2) is 11.6 Å². The SMILES string of the molecule is CC[C@]12CCCC3C(CC[C@@H]4C[C@@H](OCC(=O)NCCCCCC(C)O)CC[C@]34C)[C@@]1(O)CC[C@@H]2C1=CC(=O)OC1. The maximum absolute atomic E-state index is 12.7. The first-order valence-corrected chi connectivity index (χ1v) is 16.8. The zero-order valence-electron chi connectivity index (χ0n) is 25.8. The van der Waals surface area contributed by atoms with Gasteiger partial charge in [-0.1, -0.05) is 33.1 Å². The smallest absolute Gasteiger partial charge is 0.331 e. The number of unbranched alkanes of at least 4 members (excludes halogenated alkanes) is 2. The summed E-state index contributed by atoms with van der Waals surface area (Å²) in [6.07, 6.45) is 16.7. The van der Waals surface area contributed by atoms with E-state index in [0.717, 1.165) is 95.5 Å². The van der Waals surface area contributed by atoms with Gasteiger partial charge in [-0.3, -0.25) is 4.79 Å². The summed E-state index contributed by atoms with van der Waals surface area (Å²) in [5.74, 6) is 1.37. The van der Waals surface area contributed by atoms with Crippen LogP contribution in [-0.4, -0.2) is 59.7 Å². The zero-order valence-corrected chi connectivity index (χ0v) is 25.8. The van der Waals surface area contributed by atoms with E-state index in [9.17, 15) is 19.8 Å². The second-order valence-corrected chi connectivity index (χ2v) is 14.5. The molecule has 232 valence electrons. The van der Waals surface area contributed by atoms with E-state index in [0.29, 0.717) is 30.9 Å². The number of aliphatic hydroxyl groups is 2. The van der Waals surface area contributed by atoms with Crippen LogP contribution in [0.2, 0.25) is 0 Å². The monoisotopic (exact) mass is 573 g/mol. The molecule has 3 unspecified atom stereocenters. The van der Waals surface area contributed by atoms with Gasteiger partial charge < -0.3 is 25.0 Å². The van der Waals surface area contributed by atoms with Crippen molar-refractivity contribution in [1.82, 2.24) is 5.32 Å². The van der Waals surface area contributed by atoms with Crippen molar-refractivity contribution in [3.63, 3.8) is 0 Å². The van der Waals surface area contributed by atoms with E-state index in [1.54, 1.807) is 6.08 Å². The summed E-state index contributed by atoms with van der Waals surface area (Å²) >= 11 is 0. The molecule has 7 heteroatoms. The number of ether oxygens (including phenoxy) is 2. The summed E-state index contributed by atoms with van der Waals surface area (Å²) in [4.78, 5) is 24.4. The van der Waals surface area contributed by atoms with Gasteiger partial charge in [-0.05, 0) is 119 Å². The Hall–Kier alpha value is -1.44. The number of esters is 1. The van der Waals surface area contributed by atoms with Gasteiger partial charge in [0.2, 0.25) is 5.91 Å². The lowest BCUT2D eigenvalue weighted by Gasteiger charge is -2.59. The van der Waals surface area contributed by atoms with Gasteiger partial charge in [0.1, 0.15) is 13.2 Å². The van der Waals surface area contributed by atoms with Crippen molar-refractivity contribution in [2.75, 3.05) is 19.8 Å². The molecule has 0 saturated heterocycles. The van der Waals surface area contributed by atoms with Crippen molar-refractivity contribution in [3.8, 4) is 0 Å². The van der Waals surface area contributed by atoms with Crippen LogP contribution in [0, 0.1) is 34.5 Å². The molecule has 0 radical (unpaired) electrons. The van der Waals surface area contributed by atoms with Crippen LogP contribution in [-0.2, 0) is 19.1 Å². The molecule has 5 aliphatic rings. The molecule has 1 aliphatic heterocycles. The van der Waals surface area contributed by atoms with Crippen molar-refractivity contribution in [2.24, 2.45) is 34.5 Å². The Labute approximate surface area is 247 Å². The third-order valence-corrected chi connectivity index (χ3v) is 12.6. The highest BCUT2D eigenvalue weighted by Gasteiger charge is 2.67. The van der Waals surface area contributed by atoms with Crippen LogP contribution in [0.4, 0.5) is 0 Å². The van der Waals surface area contributed by atoms with Crippen LogP contribution in [0.25, 0.3) is 0 Å². The normalized spacial score (nSPS) is 41.0. The minimum Gasteiger partial charge on any atom is -0.458 e. The van der Waals surface area contributed by atoms with Gasteiger partial charge in [0, 0.05) is 18.0 Å². The molecule has 0 aromatic carbocycles. The van der Waals surface area contributed by atoms with Crippen molar-refractivity contribution < 1.29 is 29.3 Å². The summed E-state index contributed by atoms with van der Waals surface area (Å²) in [7, 11) is 0. The summed E-state index contributed by atoms with van der Waals surface area (Å²) in [6, 6.07) is 0. The molecule has 0 aromatic rings. The molecule has 0 bridgehead atoms. The largest absolute Gasteiger partial charge is 0.458 e. The topological polar surface area (TPSA) is 105 Å². The van der Waals surface area contributed by atoms with Gasteiger partial charge in [-0.15, -0.1) is 0 Å². The number of cyclic esters (lactones) is 1. The van der Waals surface area contributed by atoms with E-state index >= 15 is 0 Å². The maximum atomic E-state index is 12.7. The molecule has 4 saturated carbocycles. The number of nitrogens with one attached hydrogen (secondary N) is 1. The minimum atomic E-state index is -0.685. The Kier molecular flexibility index (Phi) is 9.57. The van der Waals surface area contributed by atoms with E-state index < -0.39 is 5.60 Å². The van der Waals surface area contributed by atoms with E-state index in [1.165, 1.54) is 6.42 Å². The second-order valence-electron chi connectivity index (χ2n) is 14.5. The van der Waals surface area contributed by atoms with Gasteiger partial charge in [0.25, 0.3) is 0 Å². The summed E-state index contributed by atoms with van der Waals surface area (Å²) in [5.41, 5.74) is 0.459. The predicted octanol–water partition coefficient (Wildman–Crippen LogP) is 5.47. The number of carbonyl (C=O) groups excluding carboxylic acids is 2.